The highest BCUT2D eigenvalue weighted by Crippen LogP contribution is 2.21. The van der Waals surface area contributed by atoms with Gasteiger partial charge in [-0.05, 0) is 31.7 Å². The summed E-state index contributed by atoms with van der Waals surface area (Å²) in [5.41, 5.74) is 3.29. The number of aromatic nitrogens is 3. The predicted molar refractivity (Wildman–Crippen MR) is 94.4 cm³/mol. The first kappa shape index (κ1) is 17.9. The molecule has 0 atom stereocenters. The maximum Gasteiger partial charge on any atom is 0.147 e. The van der Waals surface area contributed by atoms with Crippen LogP contribution in [0.5, 0.6) is 0 Å². The number of hydrogen-bond acceptors (Lipinski definition) is 4. The molecular formula is C17H27N3O2S. The second-order valence-electron chi connectivity index (χ2n) is 6.30. The van der Waals surface area contributed by atoms with Gasteiger partial charge in [-0.25, -0.2) is 13.4 Å². The minimum absolute atomic E-state index is 0.281. The average Bonchev–Trinajstić information content (AvgIpc) is 2.83. The van der Waals surface area contributed by atoms with Crippen molar-refractivity contribution in [2.24, 2.45) is 0 Å². The number of imidazole rings is 1. The summed E-state index contributed by atoms with van der Waals surface area (Å²) < 4.78 is 24.7. The van der Waals surface area contributed by atoms with E-state index in [4.69, 9.17) is 4.98 Å². The van der Waals surface area contributed by atoms with E-state index in [1.54, 1.807) is 0 Å². The normalized spacial score (nSPS) is 12.1. The average molecular weight is 337 g/mol. The molecule has 0 saturated carbocycles. The molecule has 128 valence electrons. The van der Waals surface area contributed by atoms with Gasteiger partial charge in [-0.1, -0.05) is 19.8 Å². The van der Waals surface area contributed by atoms with E-state index in [9.17, 15) is 8.42 Å². The third-order valence-corrected chi connectivity index (χ3v) is 5.09. The number of fused-ring (bicyclic) bond motifs is 1. The summed E-state index contributed by atoms with van der Waals surface area (Å²) in [5, 5.41) is 0. The van der Waals surface area contributed by atoms with Gasteiger partial charge in [-0.15, -0.1) is 0 Å². The van der Waals surface area contributed by atoms with Crippen LogP contribution < -0.4 is 0 Å². The van der Waals surface area contributed by atoms with Crippen LogP contribution in [0.1, 0.15) is 50.4 Å². The Labute approximate surface area is 139 Å². The molecular weight excluding hydrogens is 310 g/mol. The Balaban J connectivity index is 2.10. The molecule has 0 spiro atoms. The zero-order valence-corrected chi connectivity index (χ0v) is 15.2. The number of unbranched alkanes of at least 4 members (excludes halogenated alkanes) is 3. The number of rotatable bonds is 9. The third-order valence-electron chi connectivity index (χ3n) is 4.06. The topological polar surface area (TPSA) is 64.8 Å². The largest absolute Gasteiger partial charge is 0.328 e. The van der Waals surface area contributed by atoms with E-state index in [1.807, 2.05) is 12.4 Å². The van der Waals surface area contributed by atoms with Crippen molar-refractivity contribution in [3.63, 3.8) is 0 Å². The lowest BCUT2D eigenvalue weighted by Crippen LogP contribution is -2.07. The Bertz CT molecular complexity index is 751. The van der Waals surface area contributed by atoms with Crippen molar-refractivity contribution in [1.29, 1.82) is 0 Å². The van der Waals surface area contributed by atoms with Gasteiger partial charge in [0.1, 0.15) is 21.2 Å². The minimum atomic E-state index is -2.85. The van der Waals surface area contributed by atoms with Crippen LogP contribution in [0.3, 0.4) is 0 Å². The van der Waals surface area contributed by atoms with Crippen molar-refractivity contribution >= 4 is 20.9 Å². The zero-order chi connectivity index (χ0) is 16.9. The summed E-state index contributed by atoms with van der Waals surface area (Å²) in [6.45, 7) is 5.15. The van der Waals surface area contributed by atoms with Gasteiger partial charge in [0.15, 0.2) is 0 Å². The Kier molecular flexibility index (Phi) is 6.16. The van der Waals surface area contributed by atoms with E-state index in [0.29, 0.717) is 0 Å². The number of aryl methyl sites for hydroxylation is 3. The van der Waals surface area contributed by atoms with Gasteiger partial charge in [0.2, 0.25) is 0 Å². The minimum Gasteiger partial charge on any atom is -0.328 e. The lowest BCUT2D eigenvalue weighted by Gasteiger charge is -2.10. The highest BCUT2D eigenvalue weighted by molar-refractivity contribution is 7.90. The number of pyridine rings is 1. The smallest absolute Gasteiger partial charge is 0.147 e. The van der Waals surface area contributed by atoms with Gasteiger partial charge >= 0.3 is 0 Å². The van der Waals surface area contributed by atoms with Gasteiger partial charge in [0.25, 0.3) is 0 Å². The van der Waals surface area contributed by atoms with Crippen LogP contribution in [-0.2, 0) is 22.8 Å². The fourth-order valence-corrected chi connectivity index (χ4v) is 3.61. The summed E-state index contributed by atoms with van der Waals surface area (Å²) in [6, 6.07) is 0. The Morgan fingerprint density at radius 1 is 1.13 bits per heavy atom. The standard InChI is InChI=1S/C17H27N3O2S/c1-4-5-9-16-19-15-13-18-12-14(2)17(15)20(16)10-7-6-8-11-23(3,21)22/h12-13H,4-11H2,1-3H3. The molecule has 6 heteroatoms. The third kappa shape index (κ3) is 5.03. The van der Waals surface area contributed by atoms with Crippen LogP contribution in [0.4, 0.5) is 0 Å². The van der Waals surface area contributed by atoms with E-state index in [1.165, 1.54) is 11.8 Å². The molecule has 0 aliphatic rings. The van der Waals surface area contributed by atoms with Gasteiger partial charge < -0.3 is 4.57 Å². The van der Waals surface area contributed by atoms with Crippen LogP contribution >= 0.6 is 0 Å². The fraction of sp³-hybridized carbons (Fsp3) is 0.647. The van der Waals surface area contributed by atoms with Gasteiger partial charge in [0.05, 0.1) is 11.7 Å². The van der Waals surface area contributed by atoms with E-state index < -0.39 is 9.84 Å². The van der Waals surface area contributed by atoms with E-state index in [2.05, 4.69) is 23.4 Å². The Morgan fingerprint density at radius 3 is 2.61 bits per heavy atom. The first-order valence-electron chi connectivity index (χ1n) is 8.40. The first-order valence-corrected chi connectivity index (χ1v) is 10.5. The summed E-state index contributed by atoms with van der Waals surface area (Å²) >= 11 is 0. The molecule has 0 aromatic carbocycles. The maximum absolute atomic E-state index is 11.2. The lowest BCUT2D eigenvalue weighted by molar-refractivity contribution is 0.572. The quantitative estimate of drug-likeness (QED) is 0.659. The molecule has 0 aliphatic carbocycles. The van der Waals surface area contributed by atoms with Crippen LogP contribution in [0.25, 0.3) is 11.0 Å². The summed E-state index contributed by atoms with van der Waals surface area (Å²) in [6.07, 6.45) is 10.9. The van der Waals surface area contributed by atoms with Crippen LogP contribution in [0, 0.1) is 6.92 Å². The monoisotopic (exact) mass is 337 g/mol. The van der Waals surface area contributed by atoms with Gasteiger partial charge in [-0.3, -0.25) is 4.98 Å². The van der Waals surface area contributed by atoms with Crippen LogP contribution in [-0.4, -0.2) is 35.0 Å². The number of hydrogen-bond donors (Lipinski definition) is 0. The highest BCUT2D eigenvalue weighted by Gasteiger charge is 2.12. The van der Waals surface area contributed by atoms with E-state index >= 15 is 0 Å². The molecule has 23 heavy (non-hydrogen) atoms. The van der Waals surface area contributed by atoms with Crippen molar-refractivity contribution in [1.82, 2.24) is 14.5 Å². The fourth-order valence-electron chi connectivity index (χ4n) is 2.88. The lowest BCUT2D eigenvalue weighted by atomic mass is 10.2. The van der Waals surface area contributed by atoms with Gasteiger partial charge in [0, 0.05) is 31.2 Å². The molecule has 2 aromatic heterocycles. The first-order chi connectivity index (χ1) is 10.9. The maximum atomic E-state index is 11.2. The van der Waals surface area contributed by atoms with Crippen molar-refractivity contribution in [2.45, 2.75) is 58.9 Å². The van der Waals surface area contributed by atoms with Crippen LogP contribution in [0.2, 0.25) is 0 Å². The SMILES string of the molecule is CCCCc1nc2cncc(C)c2n1CCCCCS(C)(=O)=O. The Morgan fingerprint density at radius 2 is 1.91 bits per heavy atom. The molecule has 0 radical (unpaired) electrons. The van der Waals surface area contributed by atoms with Crippen molar-refractivity contribution in [3.05, 3.63) is 23.8 Å². The summed E-state index contributed by atoms with van der Waals surface area (Å²) in [7, 11) is -2.85. The van der Waals surface area contributed by atoms with E-state index in [0.717, 1.165) is 62.0 Å². The number of nitrogens with zero attached hydrogens (tertiary/aromatic N) is 3. The molecule has 2 heterocycles. The second kappa shape index (κ2) is 7.90. The predicted octanol–water partition coefficient (Wildman–Crippen LogP) is 3.30. The molecule has 0 aliphatic heterocycles. The highest BCUT2D eigenvalue weighted by atomic mass is 32.2. The molecule has 2 rings (SSSR count). The second-order valence-corrected chi connectivity index (χ2v) is 8.56. The molecule has 0 bridgehead atoms. The Hall–Kier alpha value is -1.43. The molecule has 0 unspecified atom stereocenters. The molecule has 0 fully saturated rings. The van der Waals surface area contributed by atoms with Crippen molar-refractivity contribution in [3.8, 4) is 0 Å². The molecule has 0 amide bonds. The molecule has 0 N–H and O–H groups in total. The van der Waals surface area contributed by atoms with Crippen LogP contribution in [0.15, 0.2) is 12.4 Å². The van der Waals surface area contributed by atoms with Crippen molar-refractivity contribution in [2.75, 3.05) is 12.0 Å². The molecule has 2 aromatic rings. The number of sulfone groups is 1. The summed E-state index contributed by atoms with van der Waals surface area (Å²) in [4.78, 5) is 9.00. The summed E-state index contributed by atoms with van der Waals surface area (Å²) in [5.74, 6) is 1.41. The molecule has 5 nitrogen and oxygen atoms in total. The zero-order valence-electron chi connectivity index (χ0n) is 14.4. The van der Waals surface area contributed by atoms with Gasteiger partial charge in [-0.2, -0.15) is 0 Å². The van der Waals surface area contributed by atoms with Crippen molar-refractivity contribution < 1.29 is 8.42 Å². The van der Waals surface area contributed by atoms with E-state index in [-0.39, 0.29) is 5.75 Å². The molecule has 0 saturated heterocycles.